The summed E-state index contributed by atoms with van der Waals surface area (Å²) in [5.74, 6) is 1.46. The van der Waals surface area contributed by atoms with Gasteiger partial charge in [-0.15, -0.1) is 0 Å². The number of rotatable bonds is 4. The molecule has 4 bridgehead atoms. The van der Waals surface area contributed by atoms with E-state index in [0.29, 0.717) is 35.8 Å². The second-order valence-electron chi connectivity index (χ2n) is 8.25. The van der Waals surface area contributed by atoms with Gasteiger partial charge in [0.2, 0.25) is 11.7 Å². The van der Waals surface area contributed by atoms with Gasteiger partial charge in [-0.1, -0.05) is 0 Å². The molecule has 24 heavy (non-hydrogen) atoms. The third-order valence-corrected chi connectivity index (χ3v) is 6.83. The molecule has 1 heterocycles. The van der Waals surface area contributed by atoms with Crippen LogP contribution in [0.1, 0.15) is 54.7 Å². The van der Waals surface area contributed by atoms with Gasteiger partial charge in [0.05, 0.1) is 0 Å². The number of hydrogen-bond donors (Lipinski definition) is 1. The number of nitrogens with zero attached hydrogens (tertiary/aromatic N) is 1. The fraction of sp³-hybridized carbons (Fsp3) is 0.632. The fourth-order valence-electron chi connectivity index (χ4n) is 5.89. The number of amides is 1. The first-order valence-corrected chi connectivity index (χ1v) is 8.92. The summed E-state index contributed by atoms with van der Waals surface area (Å²) in [6.07, 6.45) is 5.23. The molecule has 1 amide bonds. The highest BCUT2D eigenvalue weighted by Gasteiger charge is 2.58. The van der Waals surface area contributed by atoms with Gasteiger partial charge < -0.3 is 10.9 Å². The number of nitrogens with two attached hydrogens (primary N) is 1. The molecular weight excluding hydrogens is 304 g/mol. The third-order valence-electron chi connectivity index (χ3n) is 6.83. The molecule has 4 aliphatic carbocycles. The minimum absolute atomic E-state index is 0.0701. The van der Waals surface area contributed by atoms with E-state index in [4.69, 9.17) is 5.73 Å². The Morgan fingerprint density at radius 3 is 2.54 bits per heavy atom. The van der Waals surface area contributed by atoms with Crippen LogP contribution < -0.4 is 10.5 Å². The molecule has 0 aromatic carbocycles. The van der Waals surface area contributed by atoms with Crippen LogP contribution in [0.5, 0.6) is 0 Å². The van der Waals surface area contributed by atoms with Gasteiger partial charge >= 0.3 is 0 Å². The number of ketones is 1. The molecule has 0 radical (unpaired) electrons. The van der Waals surface area contributed by atoms with Crippen molar-refractivity contribution in [2.75, 3.05) is 0 Å². The summed E-state index contributed by atoms with van der Waals surface area (Å²) in [6.45, 7) is 1.71. The Morgan fingerprint density at radius 2 is 1.92 bits per heavy atom. The van der Waals surface area contributed by atoms with E-state index in [2.05, 4.69) is 0 Å². The molecule has 5 nitrogen and oxygen atoms in total. The maximum Gasteiger partial charge on any atom is 0.260 e. The molecule has 2 unspecified atom stereocenters. The van der Waals surface area contributed by atoms with Crippen molar-refractivity contribution in [3.63, 3.8) is 0 Å². The van der Waals surface area contributed by atoms with Gasteiger partial charge in [-0.05, 0) is 61.8 Å². The van der Waals surface area contributed by atoms with Crippen LogP contribution in [0.4, 0.5) is 0 Å². The molecule has 0 aliphatic heterocycles. The van der Waals surface area contributed by atoms with E-state index >= 15 is 0 Å². The lowest BCUT2D eigenvalue weighted by Gasteiger charge is -2.58. The van der Waals surface area contributed by atoms with Gasteiger partial charge in [0.25, 0.3) is 5.69 Å². The van der Waals surface area contributed by atoms with Gasteiger partial charge in [-0.25, -0.2) is 0 Å². The van der Waals surface area contributed by atoms with Crippen LogP contribution in [0.2, 0.25) is 0 Å². The number of aryl methyl sites for hydroxylation is 1. The number of carbonyl (C=O) groups is 2. The highest BCUT2D eigenvalue weighted by molar-refractivity contribution is 5.93. The molecule has 128 valence electrons. The molecule has 1 aromatic rings. The number of carbonyl (C=O) groups excluding carboxylic acids is 2. The molecule has 4 aliphatic rings. The average molecular weight is 328 g/mol. The number of primary amides is 1. The van der Waals surface area contributed by atoms with Crippen molar-refractivity contribution < 1.29 is 14.3 Å². The van der Waals surface area contributed by atoms with Gasteiger partial charge in [0.1, 0.15) is 0 Å². The second-order valence-corrected chi connectivity index (χ2v) is 8.25. The largest absolute Gasteiger partial charge is 0.618 e. The maximum atomic E-state index is 12.7. The maximum absolute atomic E-state index is 12.7. The summed E-state index contributed by atoms with van der Waals surface area (Å²) in [7, 11) is 0. The number of pyridine rings is 1. The van der Waals surface area contributed by atoms with Crippen molar-refractivity contribution >= 4 is 11.7 Å². The predicted octanol–water partition coefficient (Wildman–Crippen LogP) is 2.13. The molecule has 1 aromatic heterocycles. The first-order valence-electron chi connectivity index (χ1n) is 8.92. The SMILES string of the molecule is Cc1cccc(C(=O)CC2C3CC4CC2CC(C(N)=O)(C4)C3)[n+]1[O-]. The monoisotopic (exact) mass is 328 g/mol. The van der Waals surface area contributed by atoms with E-state index in [0.717, 1.165) is 36.8 Å². The normalized spacial score (nSPS) is 36.7. The van der Waals surface area contributed by atoms with Crippen LogP contribution in [-0.2, 0) is 4.79 Å². The second kappa shape index (κ2) is 5.30. The third kappa shape index (κ3) is 2.25. The summed E-state index contributed by atoms with van der Waals surface area (Å²) in [5.41, 5.74) is 6.18. The van der Waals surface area contributed by atoms with Crippen LogP contribution in [0.3, 0.4) is 0 Å². The first-order chi connectivity index (χ1) is 11.4. The molecule has 4 saturated carbocycles. The standard InChI is InChI=1S/C19H24N2O3/c1-11-3-2-4-16(21(11)24)17(22)7-15-13-5-12-6-14(15)10-19(8-12,9-13)18(20)23/h2-4,12-15H,5-10H2,1H3,(H2,20,23). The summed E-state index contributed by atoms with van der Waals surface area (Å²) >= 11 is 0. The van der Waals surface area contributed by atoms with E-state index < -0.39 is 0 Å². The van der Waals surface area contributed by atoms with Gasteiger partial charge in [-0.3, -0.25) is 9.59 Å². The van der Waals surface area contributed by atoms with Crippen molar-refractivity contribution in [2.24, 2.45) is 34.8 Å². The van der Waals surface area contributed by atoms with Crippen molar-refractivity contribution in [1.29, 1.82) is 0 Å². The smallest absolute Gasteiger partial charge is 0.260 e. The summed E-state index contributed by atoms with van der Waals surface area (Å²) < 4.78 is 0.739. The Hall–Kier alpha value is -1.91. The Balaban J connectivity index is 1.55. The van der Waals surface area contributed by atoms with Crippen molar-refractivity contribution in [3.05, 3.63) is 34.8 Å². The molecule has 0 saturated heterocycles. The minimum Gasteiger partial charge on any atom is -0.618 e. The van der Waals surface area contributed by atoms with Crippen LogP contribution in [0.15, 0.2) is 18.2 Å². The number of hydrogen-bond acceptors (Lipinski definition) is 3. The summed E-state index contributed by atoms with van der Waals surface area (Å²) in [4.78, 5) is 24.7. The van der Waals surface area contributed by atoms with E-state index in [1.54, 1.807) is 25.1 Å². The lowest BCUT2D eigenvalue weighted by atomic mass is 9.45. The zero-order chi connectivity index (χ0) is 17.1. The van der Waals surface area contributed by atoms with E-state index in [1.807, 2.05) is 0 Å². The fourth-order valence-corrected chi connectivity index (χ4v) is 5.89. The van der Waals surface area contributed by atoms with E-state index in [9.17, 15) is 14.8 Å². The minimum atomic E-state index is -0.322. The van der Waals surface area contributed by atoms with Crippen LogP contribution >= 0.6 is 0 Å². The van der Waals surface area contributed by atoms with E-state index in [-0.39, 0.29) is 22.8 Å². The van der Waals surface area contributed by atoms with Crippen LogP contribution in [0.25, 0.3) is 0 Å². The van der Waals surface area contributed by atoms with Crippen molar-refractivity contribution in [3.8, 4) is 0 Å². The van der Waals surface area contributed by atoms with Gasteiger partial charge in [0.15, 0.2) is 5.69 Å². The lowest BCUT2D eigenvalue weighted by Crippen LogP contribution is -2.56. The Labute approximate surface area is 141 Å². The molecule has 0 spiro atoms. The topological polar surface area (TPSA) is 87.1 Å². The molecule has 2 atom stereocenters. The Bertz CT molecular complexity index is 699. The molecule has 4 fully saturated rings. The van der Waals surface area contributed by atoms with Crippen LogP contribution in [-0.4, -0.2) is 11.7 Å². The highest BCUT2D eigenvalue weighted by Crippen LogP contribution is 2.62. The number of aromatic nitrogens is 1. The zero-order valence-electron chi connectivity index (χ0n) is 14.0. The van der Waals surface area contributed by atoms with E-state index in [1.165, 1.54) is 0 Å². The zero-order valence-corrected chi connectivity index (χ0v) is 14.0. The quantitative estimate of drug-likeness (QED) is 0.522. The summed E-state index contributed by atoms with van der Waals surface area (Å²) in [5, 5.41) is 12.1. The Kier molecular flexibility index (Phi) is 3.44. The number of Topliss-reactive ketones (excluding diaryl/α,β-unsaturated/α-hetero) is 1. The average Bonchev–Trinajstić information content (AvgIpc) is 2.52. The van der Waals surface area contributed by atoms with Crippen LogP contribution in [0, 0.1) is 41.2 Å². The van der Waals surface area contributed by atoms with Crippen molar-refractivity contribution in [1.82, 2.24) is 0 Å². The highest BCUT2D eigenvalue weighted by atomic mass is 16.5. The molecule has 2 N–H and O–H groups in total. The summed E-state index contributed by atoms with van der Waals surface area (Å²) in [6, 6.07) is 5.09. The molecule has 5 heteroatoms. The van der Waals surface area contributed by atoms with Gasteiger partial charge in [-0.2, -0.15) is 4.73 Å². The molecular formula is C19H24N2O3. The van der Waals surface area contributed by atoms with Crippen molar-refractivity contribution in [2.45, 2.75) is 45.4 Å². The first kappa shape index (κ1) is 15.6. The Morgan fingerprint density at radius 1 is 1.25 bits per heavy atom. The lowest BCUT2D eigenvalue weighted by molar-refractivity contribution is -0.614. The molecule has 5 rings (SSSR count). The van der Waals surface area contributed by atoms with Gasteiger partial charge in [0, 0.05) is 30.9 Å². The predicted molar refractivity (Wildman–Crippen MR) is 87.8 cm³/mol.